The topological polar surface area (TPSA) is 73.9 Å². The fourth-order valence-electron chi connectivity index (χ4n) is 3.22. The van der Waals surface area contributed by atoms with Crippen molar-refractivity contribution in [3.8, 4) is 0 Å². The van der Waals surface area contributed by atoms with E-state index in [1.54, 1.807) is 0 Å². The molecule has 3 saturated heterocycles. The highest BCUT2D eigenvalue weighted by Gasteiger charge is 2.51. The van der Waals surface area contributed by atoms with Gasteiger partial charge in [-0.25, -0.2) is 4.79 Å². The van der Waals surface area contributed by atoms with E-state index in [4.69, 9.17) is 4.74 Å². The number of hydrogen-bond donors (Lipinski definition) is 2. The summed E-state index contributed by atoms with van der Waals surface area (Å²) < 4.78 is 5.65. The van der Waals surface area contributed by atoms with Crippen molar-refractivity contribution in [3.63, 3.8) is 0 Å². The standard InChI is InChI=1S/C13H22N4O3/c1-16-6-7-20-10(8-16)9-17-11(18)13(15-12(17)19)2-4-14-5-3-13/h10,14H,2-9H2,1H3,(H,15,19). The van der Waals surface area contributed by atoms with Gasteiger partial charge in [-0.3, -0.25) is 9.69 Å². The van der Waals surface area contributed by atoms with Crippen molar-refractivity contribution < 1.29 is 14.3 Å². The minimum atomic E-state index is -0.678. The Morgan fingerprint density at radius 3 is 2.80 bits per heavy atom. The van der Waals surface area contributed by atoms with Crippen LogP contribution in [0.4, 0.5) is 4.79 Å². The third kappa shape index (κ3) is 2.41. The zero-order valence-electron chi connectivity index (χ0n) is 11.9. The molecule has 0 bridgehead atoms. The molecule has 0 aromatic heterocycles. The van der Waals surface area contributed by atoms with E-state index in [-0.39, 0.29) is 18.0 Å². The van der Waals surface area contributed by atoms with Crippen LogP contribution in [-0.2, 0) is 9.53 Å². The molecule has 3 rings (SSSR count). The van der Waals surface area contributed by atoms with Crippen LogP contribution in [0.5, 0.6) is 0 Å². The predicted molar refractivity (Wildman–Crippen MR) is 72.3 cm³/mol. The van der Waals surface area contributed by atoms with Crippen molar-refractivity contribution in [2.75, 3.05) is 46.4 Å². The largest absolute Gasteiger partial charge is 0.374 e. The van der Waals surface area contributed by atoms with Gasteiger partial charge in [0.1, 0.15) is 5.54 Å². The summed E-state index contributed by atoms with van der Waals surface area (Å²) in [6.45, 7) is 4.19. The number of nitrogens with one attached hydrogen (secondary N) is 2. The number of carbonyl (C=O) groups excluding carboxylic acids is 2. The molecule has 1 spiro atoms. The average Bonchev–Trinajstić information content (AvgIpc) is 2.64. The Bertz CT molecular complexity index is 408. The second kappa shape index (κ2) is 5.31. The van der Waals surface area contributed by atoms with E-state index >= 15 is 0 Å². The van der Waals surface area contributed by atoms with Crippen LogP contribution in [0.1, 0.15) is 12.8 Å². The Hall–Kier alpha value is -1.18. The van der Waals surface area contributed by atoms with Crippen LogP contribution in [0.25, 0.3) is 0 Å². The molecule has 3 fully saturated rings. The predicted octanol–water partition coefficient (Wildman–Crippen LogP) is -1.01. The molecule has 7 heteroatoms. The highest BCUT2D eigenvalue weighted by atomic mass is 16.5. The summed E-state index contributed by atoms with van der Waals surface area (Å²) in [5.41, 5.74) is -0.678. The zero-order chi connectivity index (χ0) is 14.2. The molecule has 0 saturated carbocycles. The summed E-state index contributed by atoms with van der Waals surface area (Å²) in [6.07, 6.45) is 1.25. The molecule has 112 valence electrons. The van der Waals surface area contributed by atoms with Gasteiger partial charge in [0, 0.05) is 13.1 Å². The van der Waals surface area contributed by atoms with E-state index in [0.29, 0.717) is 26.0 Å². The summed E-state index contributed by atoms with van der Waals surface area (Å²) in [5.74, 6) is -0.0826. The van der Waals surface area contributed by atoms with Crippen LogP contribution in [-0.4, -0.2) is 79.8 Å². The molecule has 0 radical (unpaired) electrons. The second-order valence-electron chi connectivity index (χ2n) is 5.93. The first kappa shape index (κ1) is 13.8. The van der Waals surface area contributed by atoms with Gasteiger partial charge in [0.05, 0.1) is 19.3 Å². The minimum absolute atomic E-state index is 0.0826. The number of likely N-dealkylation sites (N-methyl/N-ethyl adjacent to an activating group) is 1. The van der Waals surface area contributed by atoms with Crippen LogP contribution >= 0.6 is 0 Å². The molecular weight excluding hydrogens is 260 g/mol. The normalized spacial score (nSPS) is 30.9. The number of rotatable bonds is 2. The van der Waals surface area contributed by atoms with E-state index in [1.807, 2.05) is 7.05 Å². The first-order valence-electron chi connectivity index (χ1n) is 7.26. The Morgan fingerprint density at radius 1 is 1.35 bits per heavy atom. The summed E-state index contributed by atoms with van der Waals surface area (Å²) in [5, 5.41) is 6.12. The smallest absolute Gasteiger partial charge is 0.325 e. The lowest BCUT2D eigenvalue weighted by Gasteiger charge is -2.33. The molecule has 3 aliphatic rings. The van der Waals surface area contributed by atoms with Gasteiger partial charge < -0.3 is 20.3 Å². The van der Waals surface area contributed by atoms with E-state index in [1.165, 1.54) is 4.90 Å². The third-order valence-electron chi connectivity index (χ3n) is 4.43. The van der Waals surface area contributed by atoms with Gasteiger partial charge >= 0.3 is 6.03 Å². The second-order valence-corrected chi connectivity index (χ2v) is 5.93. The Morgan fingerprint density at radius 2 is 2.10 bits per heavy atom. The van der Waals surface area contributed by atoms with Crippen molar-refractivity contribution in [1.82, 2.24) is 20.4 Å². The monoisotopic (exact) mass is 282 g/mol. The molecule has 1 unspecified atom stereocenters. The van der Waals surface area contributed by atoms with E-state index < -0.39 is 5.54 Å². The number of piperidine rings is 1. The molecule has 0 aliphatic carbocycles. The van der Waals surface area contributed by atoms with Crippen LogP contribution in [0.3, 0.4) is 0 Å². The summed E-state index contributed by atoms with van der Waals surface area (Å²) in [4.78, 5) is 28.2. The van der Waals surface area contributed by atoms with E-state index in [2.05, 4.69) is 15.5 Å². The Kier molecular flexibility index (Phi) is 3.66. The van der Waals surface area contributed by atoms with Gasteiger partial charge in [0.2, 0.25) is 0 Å². The summed E-state index contributed by atoms with van der Waals surface area (Å²) in [7, 11) is 2.02. The quantitative estimate of drug-likeness (QED) is 0.635. The Labute approximate surface area is 118 Å². The first-order valence-corrected chi connectivity index (χ1v) is 7.26. The number of imide groups is 1. The van der Waals surface area contributed by atoms with Crippen molar-refractivity contribution in [1.29, 1.82) is 0 Å². The van der Waals surface area contributed by atoms with E-state index in [0.717, 1.165) is 26.2 Å². The molecule has 2 N–H and O–H groups in total. The van der Waals surface area contributed by atoms with Crippen LogP contribution in [0.2, 0.25) is 0 Å². The molecule has 7 nitrogen and oxygen atoms in total. The van der Waals surface area contributed by atoms with Gasteiger partial charge in [-0.2, -0.15) is 0 Å². The molecule has 0 aromatic rings. The lowest BCUT2D eigenvalue weighted by molar-refractivity contribution is -0.134. The lowest BCUT2D eigenvalue weighted by Crippen LogP contribution is -2.54. The molecule has 20 heavy (non-hydrogen) atoms. The fraction of sp³-hybridized carbons (Fsp3) is 0.846. The number of carbonyl (C=O) groups is 2. The van der Waals surface area contributed by atoms with Crippen LogP contribution < -0.4 is 10.6 Å². The third-order valence-corrected chi connectivity index (χ3v) is 4.43. The SMILES string of the molecule is CN1CCOC(CN2C(=O)NC3(CCNCC3)C2=O)C1. The zero-order valence-corrected chi connectivity index (χ0v) is 11.9. The highest BCUT2D eigenvalue weighted by Crippen LogP contribution is 2.27. The molecule has 1 atom stereocenters. The lowest BCUT2D eigenvalue weighted by atomic mass is 9.88. The van der Waals surface area contributed by atoms with Crippen molar-refractivity contribution in [3.05, 3.63) is 0 Å². The summed E-state index contributed by atoms with van der Waals surface area (Å²) in [6, 6.07) is -0.270. The maximum Gasteiger partial charge on any atom is 0.325 e. The molecule has 3 aliphatic heterocycles. The van der Waals surface area contributed by atoms with Crippen molar-refractivity contribution >= 4 is 11.9 Å². The van der Waals surface area contributed by atoms with Crippen LogP contribution in [0.15, 0.2) is 0 Å². The van der Waals surface area contributed by atoms with Gasteiger partial charge in [-0.1, -0.05) is 0 Å². The number of hydrogen-bond acceptors (Lipinski definition) is 5. The van der Waals surface area contributed by atoms with Gasteiger partial charge in [-0.15, -0.1) is 0 Å². The first-order chi connectivity index (χ1) is 9.61. The summed E-state index contributed by atoms with van der Waals surface area (Å²) >= 11 is 0. The molecule has 3 amide bonds. The molecule has 0 aromatic carbocycles. The van der Waals surface area contributed by atoms with Gasteiger partial charge in [0.15, 0.2) is 0 Å². The number of amides is 3. The Balaban J connectivity index is 1.67. The molecular formula is C13H22N4O3. The average molecular weight is 282 g/mol. The van der Waals surface area contributed by atoms with Gasteiger partial charge in [-0.05, 0) is 33.0 Å². The maximum absolute atomic E-state index is 12.6. The highest BCUT2D eigenvalue weighted by molar-refractivity contribution is 6.07. The van der Waals surface area contributed by atoms with Crippen molar-refractivity contribution in [2.24, 2.45) is 0 Å². The number of nitrogens with zero attached hydrogens (tertiary/aromatic N) is 2. The minimum Gasteiger partial charge on any atom is -0.374 e. The number of morpholine rings is 1. The fourth-order valence-corrected chi connectivity index (χ4v) is 3.22. The van der Waals surface area contributed by atoms with Gasteiger partial charge in [0.25, 0.3) is 5.91 Å². The number of ether oxygens (including phenoxy) is 1. The van der Waals surface area contributed by atoms with Crippen molar-refractivity contribution in [2.45, 2.75) is 24.5 Å². The molecule has 3 heterocycles. The number of urea groups is 1. The van der Waals surface area contributed by atoms with E-state index in [9.17, 15) is 9.59 Å². The van der Waals surface area contributed by atoms with Crippen LogP contribution in [0, 0.1) is 0 Å². The maximum atomic E-state index is 12.6.